The molecule has 22 heavy (non-hydrogen) atoms. The first-order chi connectivity index (χ1) is 10.5. The van der Waals surface area contributed by atoms with E-state index in [1.54, 1.807) is 12.1 Å². The molecule has 0 aliphatic heterocycles. The van der Waals surface area contributed by atoms with Crippen molar-refractivity contribution in [2.45, 2.75) is 13.0 Å². The minimum absolute atomic E-state index is 0.0480. The molecule has 3 N–H and O–H groups in total. The third-order valence-corrected chi connectivity index (χ3v) is 3.20. The van der Waals surface area contributed by atoms with Crippen LogP contribution in [0.25, 0.3) is 0 Å². The molecule has 0 spiro atoms. The number of hydrogen-bond donors (Lipinski definition) is 3. The van der Waals surface area contributed by atoms with Gasteiger partial charge in [0.15, 0.2) is 11.6 Å². The first-order valence-electron chi connectivity index (χ1n) is 6.71. The molecule has 1 unspecified atom stereocenters. The predicted molar refractivity (Wildman–Crippen MR) is 79.5 cm³/mol. The maximum absolute atomic E-state index is 13.4. The average molecular weight is 306 g/mol. The van der Waals surface area contributed by atoms with Crippen molar-refractivity contribution >= 4 is 11.7 Å². The lowest BCUT2D eigenvalue weighted by molar-refractivity contribution is 0.174. The summed E-state index contributed by atoms with van der Waals surface area (Å²) in [6.07, 6.45) is -0.885. The number of urea groups is 1. The predicted octanol–water partition coefficient (Wildman–Crippen LogP) is 3.13. The lowest BCUT2D eigenvalue weighted by Crippen LogP contribution is -2.32. The fourth-order valence-electron chi connectivity index (χ4n) is 2.03. The van der Waals surface area contributed by atoms with Gasteiger partial charge in [-0.2, -0.15) is 0 Å². The van der Waals surface area contributed by atoms with Gasteiger partial charge in [-0.25, -0.2) is 13.6 Å². The van der Waals surface area contributed by atoms with Crippen molar-refractivity contribution in [1.82, 2.24) is 5.32 Å². The molecule has 0 aromatic heterocycles. The molecule has 0 aliphatic carbocycles. The summed E-state index contributed by atoms with van der Waals surface area (Å²) >= 11 is 0. The third kappa shape index (κ3) is 3.79. The second-order valence-corrected chi connectivity index (χ2v) is 4.81. The van der Waals surface area contributed by atoms with E-state index < -0.39 is 23.8 Å². The molecule has 116 valence electrons. The third-order valence-electron chi connectivity index (χ3n) is 3.20. The highest BCUT2D eigenvalue weighted by Crippen LogP contribution is 2.17. The largest absolute Gasteiger partial charge is 0.387 e. The Kier molecular flexibility index (Phi) is 5.06. The summed E-state index contributed by atoms with van der Waals surface area (Å²) in [7, 11) is 0. The minimum Gasteiger partial charge on any atom is -0.387 e. The number of carbonyl (C=O) groups is 1. The molecule has 0 bridgehead atoms. The van der Waals surface area contributed by atoms with E-state index >= 15 is 0 Å². The number of anilines is 1. The van der Waals surface area contributed by atoms with Crippen LogP contribution in [0, 0.1) is 18.6 Å². The minimum atomic E-state index is -1.13. The van der Waals surface area contributed by atoms with E-state index in [2.05, 4.69) is 10.6 Å². The molecule has 6 heteroatoms. The molecule has 0 fully saturated rings. The second-order valence-electron chi connectivity index (χ2n) is 4.81. The van der Waals surface area contributed by atoms with Crippen LogP contribution < -0.4 is 10.6 Å². The smallest absolute Gasteiger partial charge is 0.319 e. The molecule has 0 saturated carbocycles. The number of rotatable bonds is 4. The van der Waals surface area contributed by atoms with E-state index in [1.807, 2.05) is 19.1 Å². The number of hydrogen-bond acceptors (Lipinski definition) is 2. The van der Waals surface area contributed by atoms with Gasteiger partial charge in [0.25, 0.3) is 0 Å². The van der Waals surface area contributed by atoms with Gasteiger partial charge in [-0.1, -0.05) is 30.3 Å². The van der Waals surface area contributed by atoms with Crippen molar-refractivity contribution in [3.05, 3.63) is 65.2 Å². The summed E-state index contributed by atoms with van der Waals surface area (Å²) in [5, 5.41) is 14.6. The number of benzene rings is 2. The van der Waals surface area contributed by atoms with E-state index in [0.29, 0.717) is 5.56 Å². The van der Waals surface area contributed by atoms with E-state index in [-0.39, 0.29) is 12.2 Å². The topological polar surface area (TPSA) is 61.4 Å². The molecule has 0 aliphatic rings. The van der Waals surface area contributed by atoms with Crippen molar-refractivity contribution in [3.8, 4) is 0 Å². The van der Waals surface area contributed by atoms with Gasteiger partial charge >= 0.3 is 6.03 Å². The zero-order chi connectivity index (χ0) is 16.1. The molecule has 1 atom stereocenters. The molecule has 2 aromatic rings. The van der Waals surface area contributed by atoms with Crippen LogP contribution in [0.1, 0.15) is 17.2 Å². The number of aliphatic hydroxyl groups is 1. The number of aliphatic hydroxyl groups excluding tert-OH is 1. The van der Waals surface area contributed by atoms with Gasteiger partial charge in [0.1, 0.15) is 0 Å². The number of carbonyl (C=O) groups excluding carboxylic acids is 1. The lowest BCUT2D eigenvalue weighted by Gasteiger charge is -2.15. The standard InChI is InChI=1S/C16H16F2N2O2/c1-10-5-2-3-6-11(10)14(21)9-19-16(22)20-13-8-4-7-12(17)15(13)18/h2-8,14,21H,9H2,1H3,(H2,19,20,22). The van der Waals surface area contributed by atoms with Crippen LogP contribution in [0.15, 0.2) is 42.5 Å². The van der Waals surface area contributed by atoms with Gasteiger partial charge < -0.3 is 15.7 Å². The maximum Gasteiger partial charge on any atom is 0.319 e. The summed E-state index contributed by atoms with van der Waals surface area (Å²) in [4.78, 5) is 11.7. The van der Waals surface area contributed by atoms with Gasteiger partial charge in [-0.3, -0.25) is 0 Å². The van der Waals surface area contributed by atoms with E-state index in [0.717, 1.165) is 11.6 Å². The fourth-order valence-corrected chi connectivity index (χ4v) is 2.03. The molecular formula is C16H16F2N2O2. The van der Waals surface area contributed by atoms with Gasteiger partial charge in [-0.05, 0) is 30.2 Å². The Morgan fingerprint density at radius 2 is 1.91 bits per heavy atom. The summed E-state index contributed by atoms with van der Waals surface area (Å²) < 4.78 is 26.4. The average Bonchev–Trinajstić information content (AvgIpc) is 2.50. The number of nitrogens with one attached hydrogen (secondary N) is 2. The molecular weight excluding hydrogens is 290 g/mol. The molecule has 2 rings (SSSR count). The fraction of sp³-hybridized carbons (Fsp3) is 0.188. The number of halogens is 2. The Bertz CT molecular complexity index is 677. The van der Waals surface area contributed by atoms with Crippen molar-refractivity contribution < 1.29 is 18.7 Å². The quantitative estimate of drug-likeness (QED) is 0.812. The van der Waals surface area contributed by atoms with E-state index in [4.69, 9.17) is 0 Å². The highest BCUT2D eigenvalue weighted by molar-refractivity contribution is 5.89. The van der Waals surface area contributed by atoms with Gasteiger partial charge in [0, 0.05) is 6.54 Å². The lowest BCUT2D eigenvalue weighted by atomic mass is 10.0. The normalized spacial score (nSPS) is 11.8. The molecule has 0 radical (unpaired) electrons. The van der Waals surface area contributed by atoms with Crippen LogP contribution in [0.5, 0.6) is 0 Å². The Labute approximate surface area is 126 Å². The highest BCUT2D eigenvalue weighted by Gasteiger charge is 2.13. The van der Waals surface area contributed by atoms with Crippen molar-refractivity contribution in [2.24, 2.45) is 0 Å². The number of aryl methyl sites for hydroxylation is 1. The SMILES string of the molecule is Cc1ccccc1C(O)CNC(=O)Nc1cccc(F)c1F. The first kappa shape index (κ1) is 15.9. The molecule has 4 nitrogen and oxygen atoms in total. The zero-order valence-electron chi connectivity index (χ0n) is 11.9. The Balaban J connectivity index is 1.93. The second kappa shape index (κ2) is 7.00. The highest BCUT2D eigenvalue weighted by atomic mass is 19.2. The van der Waals surface area contributed by atoms with Crippen LogP contribution in [-0.4, -0.2) is 17.7 Å². The molecule has 2 amide bonds. The van der Waals surface area contributed by atoms with Crippen LogP contribution in [-0.2, 0) is 0 Å². The van der Waals surface area contributed by atoms with Gasteiger partial charge in [-0.15, -0.1) is 0 Å². The van der Waals surface area contributed by atoms with Gasteiger partial charge in [0.05, 0.1) is 11.8 Å². The molecule has 2 aromatic carbocycles. The van der Waals surface area contributed by atoms with Gasteiger partial charge in [0.2, 0.25) is 0 Å². The van der Waals surface area contributed by atoms with Crippen LogP contribution in [0.3, 0.4) is 0 Å². The summed E-state index contributed by atoms with van der Waals surface area (Å²) in [6.45, 7) is 1.80. The van der Waals surface area contributed by atoms with Crippen molar-refractivity contribution in [1.29, 1.82) is 0 Å². The van der Waals surface area contributed by atoms with Crippen LogP contribution in [0.4, 0.5) is 19.3 Å². The van der Waals surface area contributed by atoms with Crippen LogP contribution >= 0.6 is 0 Å². The van der Waals surface area contributed by atoms with E-state index in [1.165, 1.54) is 12.1 Å². The maximum atomic E-state index is 13.4. The summed E-state index contributed by atoms with van der Waals surface area (Å²) in [5.41, 5.74) is 1.33. The first-order valence-corrected chi connectivity index (χ1v) is 6.71. The van der Waals surface area contributed by atoms with Crippen LogP contribution in [0.2, 0.25) is 0 Å². The monoisotopic (exact) mass is 306 g/mol. The zero-order valence-corrected chi connectivity index (χ0v) is 11.9. The number of amides is 2. The molecule has 0 saturated heterocycles. The van der Waals surface area contributed by atoms with Crippen molar-refractivity contribution in [2.75, 3.05) is 11.9 Å². The molecule has 0 heterocycles. The Morgan fingerprint density at radius 3 is 2.64 bits per heavy atom. The summed E-state index contributed by atoms with van der Waals surface area (Å²) in [5.74, 6) is -2.17. The Hall–Kier alpha value is -2.47. The van der Waals surface area contributed by atoms with E-state index in [9.17, 15) is 18.7 Å². The Morgan fingerprint density at radius 1 is 1.18 bits per heavy atom. The summed E-state index contributed by atoms with van der Waals surface area (Å²) in [6, 6.07) is 10.0. The van der Waals surface area contributed by atoms with Crippen molar-refractivity contribution in [3.63, 3.8) is 0 Å².